The zero-order valence-electron chi connectivity index (χ0n) is 14.9. The van der Waals surface area contributed by atoms with Crippen molar-refractivity contribution in [2.24, 2.45) is 0 Å². The van der Waals surface area contributed by atoms with Crippen molar-refractivity contribution in [3.8, 4) is 0 Å². The zero-order chi connectivity index (χ0) is 17.5. The van der Waals surface area contributed by atoms with Gasteiger partial charge < -0.3 is 10.2 Å². The summed E-state index contributed by atoms with van der Waals surface area (Å²) in [6, 6.07) is 14.5. The summed E-state index contributed by atoms with van der Waals surface area (Å²) in [7, 11) is 0. The number of hydrogen-bond acceptors (Lipinski definition) is 3. The van der Waals surface area contributed by atoms with Crippen molar-refractivity contribution in [2.45, 2.75) is 51.6 Å². The molecule has 1 aromatic carbocycles. The maximum atomic E-state index is 12.9. The number of nitrogens with zero attached hydrogens (tertiary/aromatic N) is 2. The number of benzene rings is 1. The van der Waals surface area contributed by atoms with E-state index in [2.05, 4.69) is 10.3 Å². The molecule has 0 atom stereocenters. The van der Waals surface area contributed by atoms with Gasteiger partial charge in [-0.25, -0.2) is 0 Å². The lowest BCUT2D eigenvalue weighted by Crippen LogP contribution is -2.31. The molecule has 0 radical (unpaired) electrons. The molecule has 1 aliphatic rings. The second-order valence-corrected chi connectivity index (χ2v) is 6.71. The number of carbonyl (C=O) groups excluding carboxylic acids is 1. The van der Waals surface area contributed by atoms with E-state index in [4.69, 9.17) is 0 Å². The van der Waals surface area contributed by atoms with Crippen LogP contribution in [-0.4, -0.2) is 28.4 Å². The molecular weight excluding hydrogens is 310 g/mol. The Balaban J connectivity index is 1.68. The van der Waals surface area contributed by atoms with Gasteiger partial charge in [-0.1, -0.05) is 49.6 Å². The van der Waals surface area contributed by atoms with E-state index < -0.39 is 0 Å². The summed E-state index contributed by atoms with van der Waals surface area (Å²) in [6.07, 6.45) is 8.06. The Morgan fingerprint density at radius 2 is 1.92 bits per heavy atom. The number of nitrogens with one attached hydrogen (secondary N) is 1. The minimum Gasteiger partial charge on any atom is -0.382 e. The molecule has 4 nitrogen and oxygen atoms in total. The first kappa shape index (κ1) is 17.5. The monoisotopic (exact) mass is 337 g/mol. The summed E-state index contributed by atoms with van der Waals surface area (Å²) in [5.41, 5.74) is 2.65. The first-order valence-electron chi connectivity index (χ1n) is 9.32. The average Bonchev–Trinajstić information content (AvgIpc) is 2.67. The van der Waals surface area contributed by atoms with Gasteiger partial charge in [-0.05, 0) is 37.5 Å². The lowest BCUT2D eigenvalue weighted by atomic mass is 9.95. The Kier molecular flexibility index (Phi) is 6.04. The molecule has 132 valence electrons. The topological polar surface area (TPSA) is 45.2 Å². The van der Waals surface area contributed by atoms with Crippen molar-refractivity contribution in [1.82, 2.24) is 9.88 Å². The molecule has 4 heteroatoms. The molecule has 1 saturated carbocycles. The maximum absolute atomic E-state index is 12.9. The van der Waals surface area contributed by atoms with Gasteiger partial charge in [-0.2, -0.15) is 0 Å². The third-order valence-corrected chi connectivity index (χ3v) is 4.84. The molecule has 0 spiro atoms. The molecule has 1 aromatic heterocycles. The van der Waals surface area contributed by atoms with Crippen molar-refractivity contribution in [2.75, 3.05) is 11.9 Å². The molecule has 0 saturated heterocycles. The number of pyridine rings is 1. The minimum atomic E-state index is -0.0151. The lowest BCUT2D eigenvalue weighted by molar-refractivity contribution is 0.0746. The van der Waals surface area contributed by atoms with Gasteiger partial charge in [0.05, 0.1) is 0 Å². The molecule has 25 heavy (non-hydrogen) atoms. The fourth-order valence-electron chi connectivity index (χ4n) is 3.41. The first-order valence-corrected chi connectivity index (χ1v) is 9.32. The summed E-state index contributed by atoms with van der Waals surface area (Å²) in [6.45, 7) is 3.28. The van der Waals surface area contributed by atoms with Crippen molar-refractivity contribution < 1.29 is 4.79 Å². The Hall–Kier alpha value is -2.36. The Bertz CT molecular complexity index is 681. The van der Waals surface area contributed by atoms with Crippen LogP contribution in [0.25, 0.3) is 0 Å². The van der Waals surface area contributed by atoms with Crippen LogP contribution in [0.2, 0.25) is 0 Å². The zero-order valence-corrected chi connectivity index (χ0v) is 14.9. The Morgan fingerprint density at radius 3 is 2.64 bits per heavy atom. The highest BCUT2D eigenvalue weighted by atomic mass is 16.2. The van der Waals surface area contributed by atoms with Crippen molar-refractivity contribution in [3.05, 3.63) is 59.9 Å². The second kappa shape index (κ2) is 8.65. The van der Waals surface area contributed by atoms with Crippen LogP contribution in [0, 0.1) is 0 Å². The number of aromatic nitrogens is 1. The van der Waals surface area contributed by atoms with Crippen LogP contribution in [0.3, 0.4) is 0 Å². The van der Waals surface area contributed by atoms with Gasteiger partial charge in [0, 0.05) is 31.0 Å². The van der Waals surface area contributed by atoms with Gasteiger partial charge in [-0.15, -0.1) is 0 Å². The highest BCUT2D eigenvalue weighted by Crippen LogP contribution is 2.22. The maximum Gasteiger partial charge on any atom is 0.272 e. The molecule has 0 unspecified atom stereocenters. The summed E-state index contributed by atoms with van der Waals surface area (Å²) < 4.78 is 0. The van der Waals surface area contributed by atoms with Crippen LogP contribution in [0.5, 0.6) is 0 Å². The highest BCUT2D eigenvalue weighted by Gasteiger charge is 2.18. The van der Waals surface area contributed by atoms with E-state index in [0.717, 1.165) is 11.3 Å². The highest BCUT2D eigenvalue weighted by molar-refractivity contribution is 5.93. The largest absolute Gasteiger partial charge is 0.382 e. The van der Waals surface area contributed by atoms with E-state index in [0.29, 0.717) is 24.8 Å². The second-order valence-electron chi connectivity index (χ2n) is 6.71. The van der Waals surface area contributed by atoms with E-state index in [9.17, 15) is 4.79 Å². The van der Waals surface area contributed by atoms with Gasteiger partial charge in [0.15, 0.2) is 0 Å². The molecule has 2 aromatic rings. The number of carbonyl (C=O) groups is 1. The van der Waals surface area contributed by atoms with Crippen LogP contribution in [0.4, 0.5) is 5.69 Å². The van der Waals surface area contributed by atoms with E-state index in [1.165, 1.54) is 32.1 Å². The average molecular weight is 337 g/mol. The van der Waals surface area contributed by atoms with Crippen molar-refractivity contribution in [1.29, 1.82) is 0 Å². The van der Waals surface area contributed by atoms with Gasteiger partial charge in [-0.3, -0.25) is 9.78 Å². The fourth-order valence-corrected chi connectivity index (χ4v) is 3.41. The van der Waals surface area contributed by atoms with Crippen LogP contribution in [-0.2, 0) is 6.54 Å². The molecule has 1 amide bonds. The van der Waals surface area contributed by atoms with Crippen LogP contribution in [0.1, 0.15) is 55.1 Å². The Morgan fingerprint density at radius 1 is 1.16 bits per heavy atom. The number of amides is 1. The predicted molar refractivity (Wildman–Crippen MR) is 102 cm³/mol. The van der Waals surface area contributed by atoms with E-state index in [1.54, 1.807) is 6.20 Å². The standard InChI is InChI=1S/C21H27N3O/c1-2-24(16-17-9-5-3-6-10-17)21(25)20-15-19(13-14-22-20)23-18-11-7-4-8-12-18/h3,5-6,9-10,13-15,18H,2,4,7-8,11-12,16H2,1H3,(H,22,23). The summed E-state index contributed by atoms with van der Waals surface area (Å²) in [5.74, 6) is -0.0151. The number of rotatable bonds is 6. The smallest absolute Gasteiger partial charge is 0.272 e. The van der Waals surface area contributed by atoms with Gasteiger partial charge >= 0.3 is 0 Å². The number of anilines is 1. The molecule has 1 aliphatic carbocycles. The molecule has 1 N–H and O–H groups in total. The molecule has 1 heterocycles. The van der Waals surface area contributed by atoms with Crippen LogP contribution < -0.4 is 5.32 Å². The summed E-state index contributed by atoms with van der Waals surface area (Å²) >= 11 is 0. The van der Waals surface area contributed by atoms with E-state index in [-0.39, 0.29) is 5.91 Å². The predicted octanol–water partition coefficient (Wildman–Crippen LogP) is 4.49. The minimum absolute atomic E-state index is 0.0151. The van der Waals surface area contributed by atoms with E-state index in [1.807, 2.05) is 54.3 Å². The van der Waals surface area contributed by atoms with Crippen molar-refractivity contribution >= 4 is 11.6 Å². The van der Waals surface area contributed by atoms with Crippen LogP contribution >= 0.6 is 0 Å². The normalized spacial score (nSPS) is 14.9. The molecule has 1 fully saturated rings. The molecule has 0 aliphatic heterocycles. The van der Waals surface area contributed by atoms with Crippen LogP contribution in [0.15, 0.2) is 48.7 Å². The molecular formula is C21H27N3O. The summed E-state index contributed by atoms with van der Waals surface area (Å²) in [5, 5.41) is 3.57. The van der Waals surface area contributed by atoms with Gasteiger partial charge in [0.25, 0.3) is 5.91 Å². The third-order valence-electron chi connectivity index (χ3n) is 4.84. The summed E-state index contributed by atoms with van der Waals surface area (Å²) in [4.78, 5) is 19.0. The Labute approximate surface area is 150 Å². The first-order chi connectivity index (χ1) is 12.3. The quantitative estimate of drug-likeness (QED) is 0.845. The van der Waals surface area contributed by atoms with Gasteiger partial charge in [0.2, 0.25) is 0 Å². The SMILES string of the molecule is CCN(Cc1ccccc1)C(=O)c1cc(NC2CCCCC2)ccn1. The molecule has 3 rings (SSSR count). The van der Waals surface area contributed by atoms with Crippen molar-refractivity contribution in [3.63, 3.8) is 0 Å². The molecule has 0 bridgehead atoms. The fraction of sp³-hybridized carbons (Fsp3) is 0.429. The lowest BCUT2D eigenvalue weighted by Gasteiger charge is -2.24. The van der Waals surface area contributed by atoms with E-state index >= 15 is 0 Å². The third kappa shape index (κ3) is 4.81. The van der Waals surface area contributed by atoms with Gasteiger partial charge in [0.1, 0.15) is 5.69 Å². The number of hydrogen-bond donors (Lipinski definition) is 1.